The Morgan fingerprint density at radius 1 is 1.26 bits per heavy atom. The molecule has 1 aliphatic carbocycles. The predicted molar refractivity (Wildman–Crippen MR) is 101 cm³/mol. The van der Waals surface area contributed by atoms with Crippen molar-refractivity contribution < 1.29 is 24.4 Å². The molecule has 0 radical (unpaired) electrons. The molecule has 0 unspecified atom stereocenters. The number of aliphatic carboxylic acids is 1. The number of carbonyl (C=O) groups is 2. The van der Waals surface area contributed by atoms with Crippen LogP contribution in [0.3, 0.4) is 0 Å². The van der Waals surface area contributed by atoms with Crippen molar-refractivity contribution in [2.24, 2.45) is 5.92 Å². The van der Waals surface area contributed by atoms with Crippen molar-refractivity contribution in [1.29, 1.82) is 0 Å². The van der Waals surface area contributed by atoms with Crippen LogP contribution in [-0.4, -0.2) is 44.4 Å². The van der Waals surface area contributed by atoms with Gasteiger partial charge < -0.3 is 15.1 Å². The van der Waals surface area contributed by atoms with E-state index in [1.165, 1.54) is 11.3 Å². The van der Waals surface area contributed by atoms with Crippen molar-refractivity contribution in [1.82, 2.24) is 4.90 Å². The molecule has 0 aromatic carbocycles. The van der Waals surface area contributed by atoms with Gasteiger partial charge in [-0.05, 0) is 19.8 Å². The van der Waals surface area contributed by atoms with Gasteiger partial charge in [0.1, 0.15) is 5.70 Å². The molecule has 1 aromatic heterocycles. The molecule has 6 nitrogen and oxygen atoms in total. The number of carboxylic acids is 1. The third-order valence-electron chi connectivity index (χ3n) is 5.97. The summed E-state index contributed by atoms with van der Waals surface area (Å²) in [5.74, 6) is -1.79. The Morgan fingerprint density at radius 2 is 1.96 bits per heavy atom. The highest BCUT2D eigenvalue weighted by molar-refractivity contribution is 8.03. The van der Waals surface area contributed by atoms with E-state index in [4.69, 9.17) is 0 Å². The highest BCUT2D eigenvalue weighted by atomic mass is 32.2. The number of fused-ring (bicyclic) bond motifs is 1. The van der Waals surface area contributed by atoms with Crippen LogP contribution < -0.4 is 4.57 Å². The molecular formula is C20H25N2O4S+. The largest absolute Gasteiger partial charge is 0.477 e. The van der Waals surface area contributed by atoms with E-state index in [9.17, 15) is 19.8 Å². The zero-order chi connectivity index (χ0) is 19.1. The van der Waals surface area contributed by atoms with Crippen LogP contribution in [0.1, 0.15) is 45.1 Å². The molecule has 1 saturated heterocycles. The van der Waals surface area contributed by atoms with Gasteiger partial charge in [0.25, 0.3) is 0 Å². The summed E-state index contributed by atoms with van der Waals surface area (Å²) in [6.07, 6.45) is 8.36. The van der Waals surface area contributed by atoms with Gasteiger partial charge in [-0.1, -0.05) is 12.5 Å². The second-order valence-corrected chi connectivity index (χ2v) is 8.99. The maximum atomic E-state index is 12.4. The van der Waals surface area contributed by atoms with E-state index < -0.39 is 18.0 Å². The Morgan fingerprint density at radius 3 is 2.63 bits per heavy atom. The Bertz CT molecular complexity index is 779. The molecule has 2 aliphatic heterocycles. The van der Waals surface area contributed by atoms with Gasteiger partial charge in [-0.2, -0.15) is 0 Å². The first-order valence-electron chi connectivity index (χ1n) is 9.59. The smallest absolute Gasteiger partial charge is 0.353 e. The van der Waals surface area contributed by atoms with Gasteiger partial charge in [0.05, 0.1) is 23.3 Å². The Hall–Kier alpha value is -1.86. The topological polar surface area (TPSA) is 81.7 Å². The molecule has 27 heavy (non-hydrogen) atoms. The van der Waals surface area contributed by atoms with Crippen LogP contribution in [0.4, 0.5) is 0 Å². The first kappa shape index (κ1) is 18.5. The number of β-lactam (4-membered cyclic amide) rings is 1. The van der Waals surface area contributed by atoms with Crippen molar-refractivity contribution in [3.63, 3.8) is 0 Å². The molecule has 0 spiro atoms. The van der Waals surface area contributed by atoms with Crippen LogP contribution in [0.15, 0.2) is 41.2 Å². The molecule has 5 atom stereocenters. The van der Waals surface area contributed by atoms with Gasteiger partial charge in [-0.3, -0.25) is 4.79 Å². The first-order chi connectivity index (χ1) is 13.0. The van der Waals surface area contributed by atoms with E-state index in [0.29, 0.717) is 12.5 Å². The van der Waals surface area contributed by atoms with Gasteiger partial charge >= 0.3 is 5.97 Å². The highest BCUT2D eigenvalue weighted by Gasteiger charge is 2.57. The average Bonchev–Trinajstić information content (AvgIpc) is 2.97. The number of rotatable bonds is 5. The summed E-state index contributed by atoms with van der Waals surface area (Å²) in [4.78, 5) is 26.5. The predicted octanol–water partition coefficient (Wildman–Crippen LogP) is 2.10. The quantitative estimate of drug-likeness (QED) is 0.595. The van der Waals surface area contributed by atoms with Gasteiger partial charge in [0.2, 0.25) is 5.91 Å². The standard InChI is InChI=1S/C20H24N2O4S/c1-12(23)17-14-11-16(18(20(25)26)22(14)19(17)24)27-15-8-4-3-7-13(15)21-9-5-2-6-10-21/h2,5-6,9-10,12-15,17,23H,3-4,7-8,11H2,1H3/p+1/t12-,13+,14-,15+,17-/m1/s1. The van der Waals surface area contributed by atoms with E-state index in [-0.39, 0.29) is 22.9 Å². The molecule has 144 valence electrons. The maximum Gasteiger partial charge on any atom is 0.353 e. The fourth-order valence-corrected chi connectivity index (χ4v) is 6.36. The van der Waals surface area contributed by atoms with Crippen LogP contribution in [0.5, 0.6) is 0 Å². The molecule has 2 fully saturated rings. The summed E-state index contributed by atoms with van der Waals surface area (Å²) in [5.41, 5.74) is 0.134. The number of hydrogen-bond acceptors (Lipinski definition) is 4. The number of hydrogen-bond donors (Lipinski definition) is 2. The molecule has 3 aliphatic rings. The van der Waals surface area contributed by atoms with Gasteiger partial charge in [0, 0.05) is 29.9 Å². The molecular weight excluding hydrogens is 364 g/mol. The third-order valence-corrected chi connectivity index (χ3v) is 7.47. The number of nitrogens with zero attached hydrogens (tertiary/aromatic N) is 2. The number of carbonyl (C=O) groups excluding carboxylic acids is 1. The fourth-order valence-electron chi connectivity index (χ4n) is 4.71. The normalized spacial score (nSPS) is 31.5. The molecule has 1 aromatic rings. The molecule has 3 heterocycles. The zero-order valence-corrected chi connectivity index (χ0v) is 16.1. The maximum absolute atomic E-state index is 12.4. The molecule has 1 amide bonds. The summed E-state index contributed by atoms with van der Waals surface area (Å²) >= 11 is 1.63. The number of aliphatic hydroxyl groups is 1. The van der Waals surface area contributed by atoms with Crippen LogP contribution in [-0.2, 0) is 9.59 Å². The Balaban J connectivity index is 1.59. The minimum Gasteiger partial charge on any atom is -0.477 e. The number of carboxylic acid groups (broad SMARTS) is 1. The van der Waals surface area contributed by atoms with Crippen molar-refractivity contribution in [2.45, 2.75) is 62.5 Å². The van der Waals surface area contributed by atoms with E-state index in [1.54, 1.807) is 18.7 Å². The van der Waals surface area contributed by atoms with Crippen molar-refractivity contribution in [3.05, 3.63) is 41.2 Å². The molecule has 1 saturated carbocycles. The second-order valence-electron chi connectivity index (χ2n) is 7.65. The number of aliphatic hydroxyl groups excluding tert-OH is 1. The Kier molecular flexibility index (Phi) is 4.99. The third kappa shape index (κ3) is 3.17. The zero-order valence-electron chi connectivity index (χ0n) is 15.3. The van der Waals surface area contributed by atoms with E-state index in [0.717, 1.165) is 24.2 Å². The monoisotopic (exact) mass is 389 g/mol. The highest BCUT2D eigenvalue weighted by Crippen LogP contribution is 2.50. The van der Waals surface area contributed by atoms with Gasteiger partial charge in [-0.15, -0.1) is 11.8 Å². The molecule has 0 bridgehead atoms. The molecule has 2 N–H and O–H groups in total. The number of pyridine rings is 1. The van der Waals surface area contributed by atoms with E-state index in [1.807, 2.05) is 18.2 Å². The lowest BCUT2D eigenvalue weighted by molar-refractivity contribution is -0.724. The lowest BCUT2D eigenvalue weighted by Crippen LogP contribution is -2.61. The SMILES string of the molecule is C[C@@H](O)[C@H]1C(=O)N2C(C(=O)O)=C(S[C@H]3CCCC[C@@H]3[n+]3ccccc3)C[C@H]12. The molecule has 7 heteroatoms. The van der Waals surface area contributed by atoms with Crippen LogP contribution in [0.2, 0.25) is 0 Å². The lowest BCUT2D eigenvalue weighted by Gasteiger charge is -2.44. The number of amides is 1. The fraction of sp³-hybridized carbons (Fsp3) is 0.550. The van der Waals surface area contributed by atoms with Crippen molar-refractivity contribution in [2.75, 3.05) is 0 Å². The van der Waals surface area contributed by atoms with Crippen LogP contribution in [0, 0.1) is 5.92 Å². The number of thioether (sulfide) groups is 1. The summed E-state index contributed by atoms with van der Waals surface area (Å²) < 4.78 is 2.23. The van der Waals surface area contributed by atoms with Crippen molar-refractivity contribution in [3.8, 4) is 0 Å². The minimum absolute atomic E-state index is 0.134. The Labute approximate surface area is 162 Å². The van der Waals surface area contributed by atoms with E-state index >= 15 is 0 Å². The molecule has 4 rings (SSSR count). The average molecular weight is 389 g/mol. The minimum atomic E-state index is -1.04. The van der Waals surface area contributed by atoms with Crippen molar-refractivity contribution >= 4 is 23.6 Å². The first-order valence-corrected chi connectivity index (χ1v) is 10.5. The van der Waals surface area contributed by atoms with E-state index in [2.05, 4.69) is 17.0 Å². The van der Waals surface area contributed by atoms with Gasteiger partial charge in [0.15, 0.2) is 18.4 Å². The summed E-state index contributed by atoms with van der Waals surface area (Å²) in [6.45, 7) is 1.61. The summed E-state index contributed by atoms with van der Waals surface area (Å²) in [5, 5.41) is 19.9. The van der Waals surface area contributed by atoms with Gasteiger partial charge in [-0.25, -0.2) is 9.36 Å². The summed E-state index contributed by atoms with van der Waals surface area (Å²) in [7, 11) is 0. The van der Waals surface area contributed by atoms with Crippen LogP contribution in [0.25, 0.3) is 0 Å². The summed E-state index contributed by atoms with van der Waals surface area (Å²) in [6, 6.07) is 6.15. The number of aromatic nitrogens is 1. The lowest BCUT2D eigenvalue weighted by atomic mass is 9.83. The van der Waals surface area contributed by atoms with Crippen LogP contribution >= 0.6 is 11.8 Å². The second kappa shape index (κ2) is 7.28.